The summed E-state index contributed by atoms with van der Waals surface area (Å²) in [6, 6.07) is 13.5. The number of pyridine rings is 2. The largest absolute Gasteiger partial charge is 0.494 e. The van der Waals surface area contributed by atoms with Crippen molar-refractivity contribution in [1.82, 2.24) is 15.0 Å². The molecule has 0 radical (unpaired) electrons. The van der Waals surface area contributed by atoms with Crippen molar-refractivity contribution in [3.8, 4) is 22.9 Å². The monoisotopic (exact) mass is 496 g/mol. The quantitative estimate of drug-likeness (QED) is 0.418. The summed E-state index contributed by atoms with van der Waals surface area (Å²) >= 11 is 1.49. The lowest BCUT2D eigenvalue weighted by Crippen LogP contribution is -2.29. The molecule has 5 rings (SSSR count). The number of methoxy groups -OCH3 is 1. The third-order valence-electron chi connectivity index (χ3n) is 6.11. The molecule has 0 unspecified atom stereocenters. The number of hydrogen-bond acceptors (Lipinski definition) is 8. The average Bonchev–Trinajstić information content (AvgIpc) is 3.30. The van der Waals surface area contributed by atoms with Gasteiger partial charge in [0.1, 0.15) is 5.75 Å². The van der Waals surface area contributed by atoms with Crippen LogP contribution in [0.4, 0.5) is 10.8 Å². The Morgan fingerprint density at radius 2 is 1.83 bits per heavy atom. The van der Waals surface area contributed by atoms with Crippen LogP contribution in [0.25, 0.3) is 11.1 Å². The SMILES string of the molecule is COc1cnc(C)cc1-c1cc(C)ncc1C(=O)Nc1nc2c(s1)CN(c1ccc(C#N)cc1)CC2. The number of carbonyl (C=O) groups excluding carboxylic acids is 1. The highest BCUT2D eigenvalue weighted by atomic mass is 32.1. The lowest BCUT2D eigenvalue weighted by Gasteiger charge is -2.28. The molecule has 0 bridgehead atoms. The number of ether oxygens (including phenoxy) is 1. The molecule has 0 saturated carbocycles. The number of thiazole rings is 1. The van der Waals surface area contributed by atoms with Crippen molar-refractivity contribution in [2.24, 2.45) is 0 Å². The Kier molecular flexibility index (Phi) is 6.36. The van der Waals surface area contributed by atoms with Gasteiger partial charge in [0.25, 0.3) is 5.91 Å². The van der Waals surface area contributed by atoms with E-state index in [1.807, 2.05) is 50.2 Å². The van der Waals surface area contributed by atoms with Crippen LogP contribution in [0.1, 0.15) is 37.9 Å². The van der Waals surface area contributed by atoms with Crippen molar-refractivity contribution in [3.05, 3.63) is 81.9 Å². The zero-order valence-electron chi connectivity index (χ0n) is 20.2. The van der Waals surface area contributed by atoms with Crippen molar-refractivity contribution >= 4 is 28.1 Å². The third-order valence-corrected chi connectivity index (χ3v) is 7.11. The lowest BCUT2D eigenvalue weighted by atomic mass is 9.99. The summed E-state index contributed by atoms with van der Waals surface area (Å²) < 4.78 is 5.52. The van der Waals surface area contributed by atoms with E-state index in [9.17, 15) is 4.79 Å². The van der Waals surface area contributed by atoms with Crippen molar-refractivity contribution < 1.29 is 9.53 Å². The molecule has 3 aromatic heterocycles. The molecule has 180 valence electrons. The second-order valence-corrected chi connectivity index (χ2v) is 9.65. The zero-order chi connectivity index (χ0) is 25.2. The molecule has 8 nitrogen and oxygen atoms in total. The molecule has 0 saturated heterocycles. The molecule has 4 heterocycles. The minimum Gasteiger partial charge on any atom is -0.494 e. The number of anilines is 2. The summed E-state index contributed by atoms with van der Waals surface area (Å²) in [5.74, 6) is 0.317. The van der Waals surface area contributed by atoms with E-state index in [1.165, 1.54) is 11.3 Å². The van der Waals surface area contributed by atoms with E-state index in [2.05, 4.69) is 26.3 Å². The van der Waals surface area contributed by atoms with Crippen LogP contribution < -0.4 is 15.0 Å². The Balaban J connectivity index is 1.39. The zero-order valence-corrected chi connectivity index (χ0v) is 21.0. The van der Waals surface area contributed by atoms with Gasteiger partial charge in [0, 0.05) is 52.2 Å². The van der Waals surface area contributed by atoms with Crippen molar-refractivity contribution in [2.45, 2.75) is 26.8 Å². The highest BCUT2D eigenvalue weighted by molar-refractivity contribution is 7.15. The molecule has 1 amide bonds. The number of hydrogen-bond donors (Lipinski definition) is 1. The summed E-state index contributed by atoms with van der Waals surface area (Å²) in [5.41, 5.74) is 6.30. The van der Waals surface area contributed by atoms with Gasteiger partial charge in [0.05, 0.1) is 42.7 Å². The molecule has 0 spiro atoms. The Bertz CT molecular complexity index is 1490. The van der Waals surface area contributed by atoms with Crippen LogP contribution in [0.3, 0.4) is 0 Å². The third kappa shape index (κ3) is 4.63. The molecule has 9 heteroatoms. The standard InChI is InChI=1S/C27H24N6O2S/c1-16-10-20(21-11-17(2)30-14-24(21)35-3)22(13-29-16)26(34)32-27-31-23-8-9-33(15-25(23)36-27)19-6-4-18(12-28)5-7-19/h4-7,10-11,13-14H,8-9,15H2,1-3H3,(H,31,32,34). The lowest BCUT2D eigenvalue weighted by molar-refractivity contribution is 0.102. The van der Waals surface area contributed by atoms with Crippen LogP contribution in [0.5, 0.6) is 5.75 Å². The van der Waals surface area contributed by atoms with Gasteiger partial charge in [-0.1, -0.05) is 11.3 Å². The molecule has 1 aromatic carbocycles. The van der Waals surface area contributed by atoms with Gasteiger partial charge in [-0.15, -0.1) is 0 Å². The predicted molar refractivity (Wildman–Crippen MR) is 139 cm³/mol. The fraction of sp³-hybridized carbons (Fsp3) is 0.222. The van der Waals surface area contributed by atoms with E-state index in [0.717, 1.165) is 51.7 Å². The van der Waals surface area contributed by atoms with E-state index in [-0.39, 0.29) is 5.91 Å². The first-order valence-electron chi connectivity index (χ1n) is 11.5. The topological polar surface area (TPSA) is 104 Å². The Hall–Kier alpha value is -4.29. The summed E-state index contributed by atoms with van der Waals surface area (Å²) in [4.78, 5) is 30.1. The predicted octanol–water partition coefficient (Wildman–Crippen LogP) is 4.91. The average molecular weight is 497 g/mol. The van der Waals surface area contributed by atoms with Crippen LogP contribution in [0, 0.1) is 25.2 Å². The van der Waals surface area contributed by atoms with Gasteiger partial charge in [-0.05, 0) is 50.2 Å². The van der Waals surface area contributed by atoms with Gasteiger partial charge in [0.2, 0.25) is 0 Å². The number of benzene rings is 1. The maximum absolute atomic E-state index is 13.4. The molecule has 36 heavy (non-hydrogen) atoms. The van der Waals surface area contributed by atoms with Crippen LogP contribution >= 0.6 is 11.3 Å². The smallest absolute Gasteiger partial charge is 0.259 e. The number of amides is 1. The van der Waals surface area contributed by atoms with Crippen molar-refractivity contribution in [1.29, 1.82) is 5.26 Å². The first-order valence-corrected chi connectivity index (χ1v) is 12.3. The Morgan fingerprint density at radius 3 is 2.56 bits per heavy atom. The van der Waals surface area contributed by atoms with Gasteiger partial charge >= 0.3 is 0 Å². The molecule has 0 atom stereocenters. The maximum Gasteiger partial charge on any atom is 0.259 e. The highest BCUT2D eigenvalue weighted by Crippen LogP contribution is 2.34. The Morgan fingerprint density at radius 1 is 1.11 bits per heavy atom. The molecule has 0 aliphatic carbocycles. The molecule has 0 fully saturated rings. The maximum atomic E-state index is 13.4. The van der Waals surface area contributed by atoms with E-state index in [1.54, 1.807) is 19.5 Å². The van der Waals surface area contributed by atoms with Gasteiger partial charge in [-0.25, -0.2) is 4.98 Å². The molecular formula is C27H24N6O2S. The number of fused-ring (bicyclic) bond motifs is 1. The molecule has 1 aliphatic heterocycles. The second-order valence-electron chi connectivity index (χ2n) is 8.57. The number of nitrogens with one attached hydrogen (secondary N) is 1. The Labute approximate surface area is 213 Å². The first-order chi connectivity index (χ1) is 17.4. The van der Waals surface area contributed by atoms with Crippen molar-refractivity contribution in [3.63, 3.8) is 0 Å². The first kappa shape index (κ1) is 23.5. The van der Waals surface area contributed by atoms with E-state index >= 15 is 0 Å². The van der Waals surface area contributed by atoms with E-state index in [0.29, 0.717) is 28.6 Å². The number of rotatable bonds is 5. The van der Waals surface area contributed by atoms with E-state index < -0.39 is 0 Å². The normalized spacial score (nSPS) is 12.6. The van der Waals surface area contributed by atoms with Crippen LogP contribution in [0.2, 0.25) is 0 Å². The number of nitriles is 1. The van der Waals surface area contributed by atoms with Gasteiger partial charge in [-0.3, -0.25) is 20.1 Å². The van der Waals surface area contributed by atoms with Gasteiger partial charge < -0.3 is 9.64 Å². The van der Waals surface area contributed by atoms with E-state index in [4.69, 9.17) is 15.0 Å². The summed E-state index contributed by atoms with van der Waals surface area (Å²) in [5, 5.41) is 12.6. The highest BCUT2D eigenvalue weighted by Gasteiger charge is 2.23. The minimum atomic E-state index is -0.274. The fourth-order valence-corrected chi connectivity index (χ4v) is 5.28. The van der Waals surface area contributed by atoms with Crippen LogP contribution in [-0.2, 0) is 13.0 Å². The number of nitrogens with zero attached hydrogens (tertiary/aromatic N) is 5. The second kappa shape index (κ2) is 9.76. The van der Waals surface area contributed by atoms with Crippen LogP contribution in [-0.4, -0.2) is 34.5 Å². The summed E-state index contributed by atoms with van der Waals surface area (Å²) in [6.07, 6.45) is 4.04. The molecule has 1 N–H and O–H groups in total. The van der Waals surface area contributed by atoms with Gasteiger partial charge in [-0.2, -0.15) is 5.26 Å². The summed E-state index contributed by atoms with van der Waals surface area (Å²) in [6.45, 7) is 5.32. The minimum absolute atomic E-state index is 0.274. The number of aromatic nitrogens is 3. The van der Waals surface area contributed by atoms with Crippen LogP contribution in [0.15, 0.2) is 48.8 Å². The van der Waals surface area contributed by atoms with Gasteiger partial charge in [0.15, 0.2) is 5.13 Å². The fourth-order valence-electron chi connectivity index (χ4n) is 4.26. The molecular weight excluding hydrogens is 472 g/mol. The summed E-state index contributed by atoms with van der Waals surface area (Å²) in [7, 11) is 1.59. The molecule has 1 aliphatic rings. The number of carbonyl (C=O) groups is 1. The number of aryl methyl sites for hydroxylation is 2. The molecule has 4 aromatic rings. The van der Waals surface area contributed by atoms with Crippen molar-refractivity contribution in [2.75, 3.05) is 23.9 Å².